The highest BCUT2D eigenvalue weighted by Crippen LogP contribution is 2.13. The highest BCUT2D eigenvalue weighted by molar-refractivity contribution is 4.82. The van der Waals surface area contributed by atoms with E-state index in [9.17, 15) is 0 Å². The van der Waals surface area contributed by atoms with Crippen molar-refractivity contribution in [1.82, 2.24) is 4.90 Å². The molecule has 0 saturated heterocycles. The lowest BCUT2D eigenvalue weighted by Gasteiger charge is -2.21. The van der Waals surface area contributed by atoms with E-state index in [1.54, 1.807) is 0 Å². The maximum absolute atomic E-state index is 2.75. The van der Waals surface area contributed by atoms with E-state index in [1.807, 2.05) is 0 Å². The van der Waals surface area contributed by atoms with Crippen LogP contribution >= 0.6 is 0 Å². The average molecular weight is 560 g/mol. The Bertz CT molecular complexity index is 451. The lowest BCUT2D eigenvalue weighted by molar-refractivity contribution is 0.260. The summed E-state index contributed by atoms with van der Waals surface area (Å²) in [4.78, 5) is 2.75. The van der Waals surface area contributed by atoms with Gasteiger partial charge in [-0.25, -0.2) is 0 Å². The molecule has 0 bridgehead atoms. The Balaban J connectivity index is 3.44. The minimum atomic E-state index is 1.30. The van der Waals surface area contributed by atoms with Crippen molar-refractivity contribution >= 4 is 0 Å². The van der Waals surface area contributed by atoms with Crippen LogP contribution in [-0.4, -0.2) is 24.5 Å². The van der Waals surface area contributed by atoms with Crippen molar-refractivity contribution in [3.63, 3.8) is 0 Å². The number of allylic oxidation sites excluding steroid dienone is 4. The predicted octanol–water partition coefficient (Wildman–Crippen LogP) is 13.8. The summed E-state index contributed by atoms with van der Waals surface area (Å²) in [5.41, 5.74) is 0. The third-order valence-electron chi connectivity index (χ3n) is 8.51. The van der Waals surface area contributed by atoms with Crippen LogP contribution in [0.4, 0.5) is 0 Å². The third-order valence-corrected chi connectivity index (χ3v) is 8.51. The molecule has 0 heterocycles. The molecule has 0 aromatic rings. The van der Waals surface area contributed by atoms with Crippen LogP contribution in [0.15, 0.2) is 24.3 Å². The van der Waals surface area contributed by atoms with Crippen molar-refractivity contribution in [3.8, 4) is 0 Å². The van der Waals surface area contributed by atoms with Gasteiger partial charge in [0.2, 0.25) is 0 Å². The van der Waals surface area contributed by atoms with Crippen LogP contribution in [0.3, 0.4) is 0 Å². The summed E-state index contributed by atoms with van der Waals surface area (Å²) < 4.78 is 0. The Kier molecular flexibility index (Phi) is 36.0. The van der Waals surface area contributed by atoms with Gasteiger partial charge in [-0.2, -0.15) is 0 Å². The van der Waals surface area contributed by atoms with Crippen molar-refractivity contribution in [2.45, 2.75) is 207 Å². The van der Waals surface area contributed by atoms with Crippen molar-refractivity contribution in [2.24, 2.45) is 0 Å². The molecule has 0 radical (unpaired) electrons. The molecule has 0 N–H and O–H groups in total. The van der Waals surface area contributed by atoms with Gasteiger partial charge in [0.1, 0.15) is 0 Å². The zero-order valence-corrected chi connectivity index (χ0v) is 28.4. The summed E-state index contributed by atoms with van der Waals surface area (Å²) in [5.74, 6) is 0. The lowest BCUT2D eigenvalue weighted by atomic mass is 10.1. The number of unbranched alkanes of at least 4 members (excludes halogenated alkanes) is 24. The van der Waals surface area contributed by atoms with Crippen LogP contribution in [0.5, 0.6) is 0 Å². The molecule has 0 aliphatic heterocycles. The number of nitrogens with zero attached hydrogens (tertiary/aromatic N) is 1. The topological polar surface area (TPSA) is 3.24 Å². The average Bonchev–Trinajstić information content (AvgIpc) is 2.96. The SMILES string of the molecule is CCCCCCCC/C=C/CCCCCCCCN(CCC)CCCCCCCC/C=C/CCCCCCCC. The molecule has 40 heavy (non-hydrogen) atoms. The molecule has 0 fully saturated rings. The van der Waals surface area contributed by atoms with Crippen molar-refractivity contribution in [1.29, 1.82) is 0 Å². The standard InChI is InChI=1S/C39H77N/c1-4-7-9-11-13-15-17-19-21-23-25-27-29-31-33-35-38-40(37-6-3)39-36-34-32-30-28-26-24-22-20-18-16-14-12-10-8-5-2/h19-22H,4-18,23-39H2,1-3H3/b21-19+,22-20+. The Morgan fingerprint density at radius 2 is 0.550 bits per heavy atom. The molecule has 1 nitrogen and oxygen atoms in total. The van der Waals surface area contributed by atoms with Crippen LogP contribution in [-0.2, 0) is 0 Å². The molecule has 0 aromatic carbocycles. The first-order chi connectivity index (χ1) is 19.8. The molecule has 0 aliphatic rings. The number of hydrogen-bond acceptors (Lipinski definition) is 1. The van der Waals surface area contributed by atoms with Gasteiger partial charge in [0, 0.05) is 0 Å². The Morgan fingerprint density at radius 1 is 0.275 bits per heavy atom. The fraction of sp³-hybridized carbons (Fsp3) is 0.897. The van der Waals surface area contributed by atoms with Crippen LogP contribution in [0.2, 0.25) is 0 Å². The molecular weight excluding hydrogens is 482 g/mol. The summed E-state index contributed by atoms with van der Waals surface area (Å²) >= 11 is 0. The van der Waals surface area contributed by atoms with E-state index in [-0.39, 0.29) is 0 Å². The van der Waals surface area contributed by atoms with E-state index in [0.717, 1.165) is 0 Å². The van der Waals surface area contributed by atoms with Gasteiger partial charge in [0.15, 0.2) is 0 Å². The summed E-state index contributed by atoms with van der Waals surface area (Å²) in [6.07, 6.45) is 50.3. The lowest BCUT2D eigenvalue weighted by Crippen LogP contribution is -2.27. The van der Waals surface area contributed by atoms with Crippen LogP contribution in [0, 0.1) is 0 Å². The second-order valence-corrected chi connectivity index (χ2v) is 12.7. The maximum atomic E-state index is 2.75. The first kappa shape index (κ1) is 39.4. The molecule has 238 valence electrons. The number of rotatable bonds is 34. The van der Waals surface area contributed by atoms with E-state index < -0.39 is 0 Å². The molecular formula is C39H77N. The van der Waals surface area contributed by atoms with Crippen LogP contribution in [0.1, 0.15) is 207 Å². The van der Waals surface area contributed by atoms with Gasteiger partial charge in [-0.1, -0.05) is 161 Å². The van der Waals surface area contributed by atoms with Crippen molar-refractivity contribution in [2.75, 3.05) is 19.6 Å². The summed E-state index contributed by atoms with van der Waals surface area (Å²) in [6.45, 7) is 10.9. The van der Waals surface area contributed by atoms with Gasteiger partial charge in [-0.3, -0.25) is 0 Å². The number of hydrogen-bond donors (Lipinski definition) is 0. The first-order valence-corrected chi connectivity index (χ1v) is 18.9. The monoisotopic (exact) mass is 560 g/mol. The smallest absolute Gasteiger partial charge is 0.00187 e. The quantitative estimate of drug-likeness (QED) is 0.0559. The largest absolute Gasteiger partial charge is 0.303 e. The predicted molar refractivity (Wildman–Crippen MR) is 186 cm³/mol. The minimum Gasteiger partial charge on any atom is -0.303 e. The second-order valence-electron chi connectivity index (χ2n) is 12.7. The summed E-state index contributed by atoms with van der Waals surface area (Å²) in [6, 6.07) is 0. The normalized spacial score (nSPS) is 12.1. The Hall–Kier alpha value is -0.560. The zero-order chi connectivity index (χ0) is 29.0. The Morgan fingerprint density at radius 3 is 0.850 bits per heavy atom. The van der Waals surface area contributed by atoms with E-state index in [2.05, 4.69) is 50.0 Å². The molecule has 0 unspecified atom stereocenters. The second kappa shape index (κ2) is 36.5. The van der Waals surface area contributed by atoms with Gasteiger partial charge in [0.05, 0.1) is 0 Å². The molecule has 1 heteroatoms. The first-order valence-electron chi connectivity index (χ1n) is 18.9. The van der Waals surface area contributed by atoms with E-state index in [0.29, 0.717) is 0 Å². The van der Waals surface area contributed by atoms with Crippen LogP contribution in [0.25, 0.3) is 0 Å². The van der Waals surface area contributed by atoms with E-state index in [4.69, 9.17) is 0 Å². The van der Waals surface area contributed by atoms with Crippen molar-refractivity contribution in [3.05, 3.63) is 24.3 Å². The zero-order valence-electron chi connectivity index (χ0n) is 28.4. The van der Waals surface area contributed by atoms with Gasteiger partial charge in [-0.15, -0.1) is 0 Å². The van der Waals surface area contributed by atoms with Gasteiger partial charge in [0.25, 0.3) is 0 Å². The fourth-order valence-corrected chi connectivity index (χ4v) is 5.82. The molecule has 0 aliphatic carbocycles. The third kappa shape index (κ3) is 33.6. The van der Waals surface area contributed by atoms with Crippen molar-refractivity contribution < 1.29 is 0 Å². The Labute approximate surface area is 255 Å². The molecule has 0 aromatic heterocycles. The van der Waals surface area contributed by atoms with E-state index >= 15 is 0 Å². The molecule has 0 saturated carbocycles. The minimum absolute atomic E-state index is 1.30. The highest BCUT2D eigenvalue weighted by atomic mass is 15.1. The molecule has 0 amide bonds. The summed E-state index contributed by atoms with van der Waals surface area (Å²) in [7, 11) is 0. The molecule has 0 rings (SSSR count). The maximum Gasteiger partial charge on any atom is -0.00187 e. The van der Waals surface area contributed by atoms with Gasteiger partial charge in [-0.05, 0) is 90.3 Å². The highest BCUT2D eigenvalue weighted by Gasteiger charge is 2.03. The molecule has 0 spiro atoms. The fourth-order valence-electron chi connectivity index (χ4n) is 5.82. The van der Waals surface area contributed by atoms with Gasteiger partial charge >= 0.3 is 0 Å². The van der Waals surface area contributed by atoms with E-state index in [1.165, 1.54) is 206 Å². The van der Waals surface area contributed by atoms with Crippen LogP contribution < -0.4 is 0 Å². The summed E-state index contributed by atoms with van der Waals surface area (Å²) in [5, 5.41) is 0. The molecule has 0 atom stereocenters. The van der Waals surface area contributed by atoms with Gasteiger partial charge < -0.3 is 4.90 Å².